The second-order valence-electron chi connectivity index (χ2n) is 4.40. The molecule has 100 valence electrons. The lowest BCUT2D eigenvalue weighted by atomic mass is 10.2. The topological polar surface area (TPSA) is 64.4 Å². The lowest BCUT2D eigenvalue weighted by Crippen LogP contribution is -2.00. The van der Waals surface area contributed by atoms with Crippen LogP contribution in [-0.4, -0.2) is 11.8 Å². The summed E-state index contributed by atoms with van der Waals surface area (Å²) in [7, 11) is 0. The van der Waals surface area contributed by atoms with Crippen LogP contribution in [0, 0.1) is 18.3 Å². The van der Waals surface area contributed by atoms with Crippen molar-refractivity contribution in [2.75, 3.05) is 6.79 Å². The Morgan fingerprint density at radius 2 is 2.15 bits per heavy atom. The number of hydrogen-bond acceptors (Lipinski definition) is 5. The molecule has 0 bridgehead atoms. The normalized spacial score (nSPS) is 12.0. The van der Waals surface area contributed by atoms with Gasteiger partial charge in [0.15, 0.2) is 11.5 Å². The Bertz CT molecular complexity index is 692. The highest BCUT2D eigenvalue weighted by Crippen LogP contribution is 2.32. The predicted octanol–water partition coefficient (Wildman–Crippen LogP) is 2.57. The molecule has 2 heterocycles. The minimum Gasteiger partial charge on any atom is -0.472 e. The quantitative estimate of drug-likeness (QED) is 0.856. The molecule has 0 spiro atoms. The van der Waals surface area contributed by atoms with E-state index in [-0.39, 0.29) is 6.79 Å². The van der Waals surface area contributed by atoms with Crippen molar-refractivity contribution >= 4 is 0 Å². The van der Waals surface area contributed by atoms with Crippen molar-refractivity contribution in [2.45, 2.75) is 13.5 Å². The zero-order valence-electron chi connectivity index (χ0n) is 10.9. The SMILES string of the molecule is Cc1ccnc(OCc2ccc3c(c2)OCO3)c1C#N. The molecular weight excluding hydrogens is 256 g/mol. The van der Waals surface area contributed by atoms with Gasteiger partial charge < -0.3 is 14.2 Å². The van der Waals surface area contributed by atoms with Gasteiger partial charge in [-0.15, -0.1) is 0 Å². The zero-order chi connectivity index (χ0) is 13.9. The Kier molecular flexibility index (Phi) is 3.13. The Hall–Kier alpha value is -2.74. The number of benzene rings is 1. The molecule has 0 radical (unpaired) electrons. The molecule has 0 N–H and O–H groups in total. The van der Waals surface area contributed by atoms with Crippen molar-refractivity contribution < 1.29 is 14.2 Å². The number of pyridine rings is 1. The van der Waals surface area contributed by atoms with Crippen molar-refractivity contribution in [3.8, 4) is 23.4 Å². The van der Waals surface area contributed by atoms with Gasteiger partial charge in [-0.3, -0.25) is 0 Å². The lowest BCUT2D eigenvalue weighted by Gasteiger charge is -2.08. The first kappa shape index (κ1) is 12.3. The van der Waals surface area contributed by atoms with E-state index in [1.54, 1.807) is 12.3 Å². The Morgan fingerprint density at radius 1 is 1.30 bits per heavy atom. The lowest BCUT2D eigenvalue weighted by molar-refractivity contribution is 0.174. The molecule has 1 aromatic carbocycles. The molecule has 20 heavy (non-hydrogen) atoms. The van der Waals surface area contributed by atoms with E-state index in [1.165, 1.54) is 0 Å². The minimum absolute atomic E-state index is 0.248. The molecule has 0 atom stereocenters. The van der Waals surface area contributed by atoms with Gasteiger partial charge >= 0.3 is 0 Å². The second-order valence-corrected chi connectivity index (χ2v) is 4.40. The molecule has 0 fully saturated rings. The van der Waals surface area contributed by atoms with Crippen molar-refractivity contribution in [1.29, 1.82) is 5.26 Å². The fourth-order valence-electron chi connectivity index (χ4n) is 1.96. The van der Waals surface area contributed by atoms with Crippen molar-refractivity contribution in [2.24, 2.45) is 0 Å². The molecule has 5 nitrogen and oxygen atoms in total. The molecular formula is C15H12N2O3. The third-order valence-electron chi connectivity index (χ3n) is 3.05. The minimum atomic E-state index is 0.248. The summed E-state index contributed by atoms with van der Waals surface area (Å²) in [4.78, 5) is 4.10. The smallest absolute Gasteiger partial charge is 0.232 e. The van der Waals surface area contributed by atoms with E-state index in [0.717, 1.165) is 16.9 Å². The molecule has 1 aliphatic rings. The summed E-state index contributed by atoms with van der Waals surface area (Å²) in [6, 6.07) is 9.50. The van der Waals surface area contributed by atoms with Crippen LogP contribution >= 0.6 is 0 Å². The van der Waals surface area contributed by atoms with Crippen LogP contribution in [0.5, 0.6) is 17.4 Å². The highest BCUT2D eigenvalue weighted by atomic mass is 16.7. The molecule has 1 aromatic heterocycles. The van der Waals surface area contributed by atoms with Crippen LogP contribution in [0.15, 0.2) is 30.5 Å². The highest BCUT2D eigenvalue weighted by Gasteiger charge is 2.14. The van der Waals surface area contributed by atoms with E-state index in [9.17, 15) is 0 Å². The molecule has 0 amide bonds. The summed E-state index contributed by atoms with van der Waals surface area (Å²) in [5, 5.41) is 9.12. The van der Waals surface area contributed by atoms with E-state index in [1.807, 2.05) is 25.1 Å². The summed E-state index contributed by atoms with van der Waals surface area (Å²) in [6.45, 7) is 2.42. The summed E-state index contributed by atoms with van der Waals surface area (Å²) < 4.78 is 16.2. The van der Waals surface area contributed by atoms with E-state index in [2.05, 4.69) is 11.1 Å². The maximum Gasteiger partial charge on any atom is 0.232 e. The predicted molar refractivity (Wildman–Crippen MR) is 70.6 cm³/mol. The van der Waals surface area contributed by atoms with Gasteiger partial charge in [0, 0.05) is 6.20 Å². The molecule has 2 aromatic rings. The van der Waals surface area contributed by atoms with Gasteiger partial charge in [0.05, 0.1) is 0 Å². The van der Waals surface area contributed by atoms with E-state index >= 15 is 0 Å². The third-order valence-corrected chi connectivity index (χ3v) is 3.05. The number of aromatic nitrogens is 1. The van der Waals surface area contributed by atoms with Crippen molar-refractivity contribution in [3.05, 3.63) is 47.2 Å². The fourth-order valence-corrected chi connectivity index (χ4v) is 1.96. The number of ether oxygens (including phenoxy) is 3. The average Bonchev–Trinajstić information content (AvgIpc) is 2.92. The molecule has 5 heteroatoms. The molecule has 0 unspecified atom stereocenters. The standard InChI is InChI=1S/C15H12N2O3/c1-10-4-5-17-15(12(10)7-16)18-8-11-2-3-13-14(6-11)20-9-19-13/h2-6H,8-9H2,1H3. The Morgan fingerprint density at radius 3 is 3.00 bits per heavy atom. The third kappa shape index (κ3) is 2.24. The second kappa shape index (κ2) is 5.10. The van der Waals surface area contributed by atoms with E-state index < -0.39 is 0 Å². The Labute approximate surface area is 116 Å². The molecule has 0 saturated heterocycles. The summed E-state index contributed by atoms with van der Waals surface area (Å²) >= 11 is 0. The van der Waals surface area contributed by atoms with E-state index in [0.29, 0.717) is 23.8 Å². The maximum absolute atomic E-state index is 9.12. The fraction of sp³-hybridized carbons (Fsp3) is 0.200. The van der Waals surface area contributed by atoms with Crippen LogP contribution in [0.3, 0.4) is 0 Å². The number of aryl methyl sites for hydroxylation is 1. The summed E-state index contributed by atoms with van der Waals surface area (Å²) in [6.07, 6.45) is 1.63. The van der Waals surface area contributed by atoms with Gasteiger partial charge in [-0.25, -0.2) is 4.98 Å². The van der Waals surface area contributed by atoms with Gasteiger partial charge in [0.1, 0.15) is 18.2 Å². The van der Waals surface area contributed by atoms with Gasteiger partial charge in [-0.1, -0.05) is 6.07 Å². The maximum atomic E-state index is 9.12. The van der Waals surface area contributed by atoms with Crippen LogP contribution in [0.4, 0.5) is 0 Å². The van der Waals surface area contributed by atoms with Crippen LogP contribution < -0.4 is 14.2 Å². The number of nitriles is 1. The highest BCUT2D eigenvalue weighted by molar-refractivity contribution is 5.45. The zero-order valence-corrected chi connectivity index (χ0v) is 10.9. The van der Waals surface area contributed by atoms with Crippen LogP contribution in [0.1, 0.15) is 16.7 Å². The summed E-state index contributed by atoms with van der Waals surface area (Å²) in [5.41, 5.74) is 2.25. The van der Waals surface area contributed by atoms with Gasteiger partial charge in [0.25, 0.3) is 0 Å². The van der Waals surface area contributed by atoms with Crippen LogP contribution in [0.25, 0.3) is 0 Å². The first-order valence-corrected chi connectivity index (χ1v) is 6.15. The number of hydrogen-bond donors (Lipinski definition) is 0. The van der Waals surface area contributed by atoms with Gasteiger partial charge in [-0.2, -0.15) is 5.26 Å². The van der Waals surface area contributed by atoms with Gasteiger partial charge in [0.2, 0.25) is 12.7 Å². The van der Waals surface area contributed by atoms with Crippen LogP contribution in [0.2, 0.25) is 0 Å². The summed E-state index contributed by atoms with van der Waals surface area (Å²) in [5.74, 6) is 1.80. The molecule has 1 aliphatic heterocycles. The molecule has 0 aliphatic carbocycles. The average molecular weight is 268 g/mol. The van der Waals surface area contributed by atoms with Gasteiger partial charge in [-0.05, 0) is 36.2 Å². The van der Waals surface area contributed by atoms with Crippen molar-refractivity contribution in [1.82, 2.24) is 4.98 Å². The molecule has 3 rings (SSSR count). The monoisotopic (exact) mass is 268 g/mol. The number of fused-ring (bicyclic) bond motifs is 1. The molecule has 0 saturated carbocycles. The number of rotatable bonds is 3. The first-order chi connectivity index (χ1) is 9.78. The Balaban J connectivity index is 1.77. The van der Waals surface area contributed by atoms with Crippen molar-refractivity contribution in [3.63, 3.8) is 0 Å². The van der Waals surface area contributed by atoms with E-state index in [4.69, 9.17) is 19.5 Å². The van der Waals surface area contributed by atoms with Crippen LogP contribution in [-0.2, 0) is 6.61 Å². The number of nitrogens with zero attached hydrogens (tertiary/aromatic N) is 2. The largest absolute Gasteiger partial charge is 0.472 e. The first-order valence-electron chi connectivity index (χ1n) is 6.15.